The molecule has 0 saturated heterocycles. The number of allylic oxidation sites excluding steroid dienone is 2. The number of carbonyl (C=O) groups excluding carboxylic acids is 2. The van der Waals surface area contributed by atoms with Crippen LogP contribution in [0.4, 0.5) is 9.09 Å². The van der Waals surface area contributed by atoms with Gasteiger partial charge in [0.15, 0.2) is 18.4 Å². The van der Waals surface area contributed by atoms with Gasteiger partial charge >= 0.3 is 0 Å². The fourth-order valence-corrected chi connectivity index (χ4v) is 0.189. The van der Waals surface area contributed by atoms with Crippen LogP contribution in [0.2, 0.25) is 0 Å². The minimum Gasteiger partial charge on any atom is -0.295 e. The van der Waals surface area contributed by atoms with Crippen LogP contribution in [0.25, 0.3) is 0 Å². The Hall–Kier alpha value is -1.94. The van der Waals surface area contributed by atoms with Gasteiger partial charge in [-0.2, -0.15) is 0 Å². The predicted molar refractivity (Wildman–Crippen MR) is 50.7 cm³/mol. The van der Waals surface area contributed by atoms with Crippen LogP contribution < -0.4 is 0 Å². The van der Waals surface area contributed by atoms with Crippen LogP contribution in [-0.2, 0) is 9.59 Å². The molecule has 0 atom stereocenters. The Balaban J connectivity index is -0.000000163. The first-order valence-corrected chi connectivity index (χ1v) is 3.28. The van der Waals surface area contributed by atoms with Crippen LogP contribution in [0.15, 0.2) is 11.4 Å². The minimum atomic E-state index is -0.667. The number of terminal acetylenes is 1. The van der Waals surface area contributed by atoms with Crippen molar-refractivity contribution in [2.75, 3.05) is 0 Å². The lowest BCUT2D eigenvalue weighted by molar-refractivity contribution is -0.106. The average Bonchev–Trinajstić information content (AvgIpc) is 2.14. The molecule has 0 bridgehead atoms. The maximum Gasteiger partial charge on any atom is 0.193 e. The molecule has 76 valence electrons. The molecule has 0 spiro atoms. The van der Waals surface area contributed by atoms with Crippen LogP contribution in [0.1, 0.15) is 13.8 Å². The van der Waals surface area contributed by atoms with Gasteiger partial charge < -0.3 is 0 Å². The molecule has 0 fully saturated rings. The molecular weight excluding hydrogens is 190 g/mol. The Labute approximate surface area is 81.6 Å². The van der Waals surface area contributed by atoms with Gasteiger partial charge in [0.05, 0.1) is 0 Å². The smallest absolute Gasteiger partial charge is 0.193 e. The summed E-state index contributed by atoms with van der Waals surface area (Å²) in [5.74, 6) is 5.45. The standard InChI is InChI=1S/C5H7FO.C5H2O.FH/c1-4(2)5(6)3-7;1-2-3-4-5-6;/h3H,1-2H3;1,5H;1H. The van der Waals surface area contributed by atoms with Crippen molar-refractivity contribution in [3.05, 3.63) is 11.4 Å². The van der Waals surface area contributed by atoms with Gasteiger partial charge in [-0.15, -0.1) is 6.42 Å². The van der Waals surface area contributed by atoms with E-state index in [1.54, 1.807) is 13.8 Å². The van der Waals surface area contributed by atoms with Crippen molar-refractivity contribution in [3.8, 4) is 24.2 Å². The highest BCUT2D eigenvalue weighted by atomic mass is 19.1. The summed E-state index contributed by atoms with van der Waals surface area (Å²) in [5, 5.41) is 0. The topological polar surface area (TPSA) is 34.1 Å². The summed E-state index contributed by atoms with van der Waals surface area (Å²) in [6, 6.07) is 0. The van der Waals surface area contributed by atoms with Gasteiger partial charge in [0.2, 0.25) is 0 Å². The van der Waals surface area contributed by atoms with Crippen LogP contribution >= 0.6 is 0 Å². The average molecular weight is 200 g/mol. The van der Waals surface area contributed by atoms with Crippen molar-refractivity contribution in [1.29, 1.82) is 0 Å². The van der Waals surface area contributed by atoms with Crippen LogP contribution in [0.3, 0.4) is 0 Å². The number of carbonyl (C=O) groups is 2. The van der Waals surface area contributed by atoms with Crippen LogP contribution in [0, 0.1) is 24.2 Å². The highest BCUT2D eigenvalue weighted by Crippen LogP contribution is 1.98. The first-order chi connectivity index (χ1) is 6.09. The molecule has 0 aromatic carbocycles. The molecule has 0 saturated carbocycles. The van der Waals surface area contributed by atoms with Crippen molar-refractivity contribution < 1.29 is 18.7 Å². The molecule has 0 aliphatic rings. The summed E-state index contributed by atoms with van der Waals surface area (Å²) >= 11 is 0. The highest BCUT2D eigenvalue weighted by molar-refractivity contribution is 5.73. The fraction of sp³-hybridized carbons (Fsp3) is 0.200. The second kappa shape index (κ2) is 13.6. The Kier molecular flexibility index (Phi) is 17.5. The zero-order chi connectivity index (χ0) is 10.7. The van der Waals surface area contributed by atoms with Crippen molar-refractivity contribution in [2.45, 2.75) is 13.8 Å². The number of aldehydes is 2. The summed E-state index contributed by atoms with van der Waals surface area (Å²) in [4.78, 5) is 18.8. The van der Waals surface area contributed by atoms with Gasteiger partial charge in [0, 0.05) is 0 Å². The van der Waals surface area contributed by atoms with Gasteiger partial charge in [-0.3, -0.25) is 14.3 Å². The normalized spacial score (nSPS) is 5.57. The molecule has 0 aliphatic carbocycles. The number of hydrogen-bond acceptors (Lipinski definition) is 2. The summed E-state index contributed by atoms with van der Waals surface area (Å²) in [7, 11) is 0. The molecule has 0 aliphatic heterocycles. The maximum atomic E-state index is 11.8. The maximum absolute atomic E-state index is 11.8. The quantitative estimate of drug-likeness (QED) is 0.364. The third-order valence-corrected chi connectivity index (χ3v) is 0.784. The first kappa shape index (κ1) is 18.0. The third-order valence-electron chi connectivity index (χ3n) is 0.784. The van der Waals surface area contributed by atoms with E-state index >= 15 is 0 Å². The second-order valence-corrected chi connectivity index (χ2v) is 2.00. The molecular formula is C10H10F2O2. The number of hydrogen-bond donors (Lipinski definition) is 0. The zero-order valence-electron chi connectivity index (χ0n) is 7.83. The molecule has 14 heavy (non-hydrogen) atoms. The molecule has 0 aromatic heterocycles. The summed E-state index contributed by atoms with van der Waals surface area (Å²) in [5.41, 5.74) is 0.426. The van der Waals surface area contributed by atoms with Gasteiger partial charge in [0.25, 0.3) is 0 Å². The largest absolute Gasteiger partial charge is 0.295 e. The van der Waals surface area contributed by atoms with Gasteiger partial charge in [-0.1, -0.05) is 0 Å². The molecule has 0 aromatic rings. The third kappa shape index (κ3) is 16.6. The molecule has 4 heteroatoms. The number of rotatable bonds is 1. The molecule has 0 rings (SSSR count). The van der Waals surface area contributed by atoms with E-state index in [2.05, 4.69) is 12.3 Å². The Bertz CT molecular complexity index is 296. The minimum absolute atomic E-state index is 0. The lowest BCUT2D eigenvalue weighted by atomic mass is 10.3. The molecule has 0 N–H and O–H groups in total. The number of halogens is 2. The highest BCUT2D eigenvalue weighted by Gasteiger charge is 1.89. The molecule has 0 radical (unpaired) electrons. The van der Waals surface area contributed by atoms with Crippen molar-refractivity contribution >= 4 is 12.6 Å². The predicted octanol–water partition coefficient (Wildman–Crippen LogP) is 1.42. The summed E-state index contributed by atoms with van der Waals surface area (Å²) < 4.78 is 11.8. The molecule has 0 unspecified atom stereocenters. The van der Waals surface area contributed by atoms with Crippen LogP contribution in [-0.4, -0.2) is 12.6 Å². The monoisotopic (exact) mass is 200 g/mol. The summed E-state index contributed by atoms with van der Waals surface area (Å²) in [6.45, 7) is 3.09. The molecule has 2 nitrogen and oxygen atoms in total. The van der Waals surface area contributed by atoms with E-state index in [1.807, 2.05) is 11.8 Å². The van der Waals surface area contributed by atoms with E-state index in [9.17, 15) is 14.0 Å². The Morgan fingerprint density at radius 2 is 1.86 bits per heavy atom. The Morgan fingerprint density at radius 1 is 1.36 bits per heavy atom. The van der Waals surface area contributed by atoms with Crippen molar-refractivity contribution in [3.63, 3.8) is 0 Å². The van der Waals surface area contributed by atoms with Gasteiger partial charge in [-0.05, 0) is 37.2 Å². The second-order valence-electron chi connectivity index (χ2n) is 2.00. The lowest BCUT2D eigenvalue weighted by Gasteiger charge is -1.82. The van der Waals surface area contributed by atoms with E-state index in [4.69, 9.17) is 0 Å². The lowest BCUT2D eigenvalue weighted by Crippen LogP contribution is -1.75. The van der Waals surface area contributed by atoms with Crippen LogP contribution in [0.5, 0.6) is 0 Å². The SMILES string of the molecule is C#CC#CC=O.CC(C)=C(F)C=O.F. The van der Waals surface area contributed by atoms with E-state index in [1.165, 1.54) is 0 Å². The van der Waals surface area contributed by atoms with E-state index in [0.717, 1.165) is 0 Å². The Morgan fingerprint density at radius 3 is 1.93 bits per heavy atom. The fourth-order valence-electron chi connectivity index (χ4n) is 0.189. The summed E-state index contributed by atoms with van der Waals surface area (Å²) in [6.07, 6.45) is 5.29. The van der Waals surface area contributed by atoms with Crippen molar-refractivity contribution in [1.82, 2.24) is 0 Å². The van der Waals surface area contributed by atoms with E-state index < -0.39 is 5.83 Å². The van der Waals surface area contributed by atoms with E-state index in [0.29, 0.717) is 11.9 Å². The molecule has 0 amide bonds. The van der Waals surface area contributed by atoms with Gasteiger partial charge in [-0.25, -0.2) is 4.39 Å². The van der Waals surface area contributed by atoms with E-state index in [-0.39, 0.29) is 11.0 Å². The van der Waals surface area contributed by atoms with Gasteiger partial charge in [0.1, 0.15) is 0 Å². The first-order valence-electron chi connectivity index (χ1n) is 3.28. The zero-order valence-corrected chi connectivity index (χ0v) is 7.83. The molecule has 0 heterocycles. The van der Waals surface area contributed by atoms with Crippen molar-refractivity contribution in [2.24, 2.45) is 0 Å².